The van der Waals surface area contributed by atoms with Crippen molar-refractivity contribution in [3.8, 4) is 0 Å². The third kappa shape index (κ3) is 5.38. The van der Waals surface area contributed by atoms with E-state index in [9.17, 15) is 4.79 Å². The van der Waals surface area contributed by atoms with Crippen LogP contribution in [0.15, 0.2) is 0 Å². The van der Waals surface area contributed by atoms with Crippen LogP contribution in [-0.4, -0.2) is 24.0 Å². The summed E-state index contributed by atoms with van der Waals surface area (Å²) in [6, 6.07) is 0.351. The minimum atomic E-state index is 0.0888. The fraction of sp³-hybridized carbons (Fsp3) is 0.933. The summed E-state index contributed by atoms with van der Waals surface area (Å²) in [7, 11) is 0. The predicted molar refractivity (Wildman–Crippen MR) is 76.5 cm³/mol. The standard InChI is InChI=1S/C15H30N2O/c1-11(2)9-10-16-14(18)12-7-6-8-13(12)17-15(3,4)5/h11-13,17H,6-10H2,1-5H3,(H,16,18)/t12-,13+/m0/s1. The number of carbonyl (C=O) groups is 1. The minimum Gasteiger partial charge on any atom is -0.356 e. The lowest BCUT2D eigenvalue weighted by Crippen LogP contribution is -2.49. The Kier molecular flexibility index (Phi) is 5.64. The minimum absolute atomic E-state index is 0.0888. The van der Waals surface area contributed by atoms with E-state index < -0.39 is 0 Å². The van der Waals surface area contributed by atoms with Gasteiger partial charge in [-0.25, -0.2) is 0 Å². The fourth-order valence-electron chi connectivity index (χ4n) is 2.62. The molecule has 0 heterocycles. The van der Waals surface area contributed by atoms with Crippen molar-refractivity contribution in [3.05, 3.63) is 0 Å². The first-order valence-corrected chi connectivity index (χ1v) is 7.35. The van der Waals surface area contributed by atoms with Crippen LogP contribution in [0.2, 0.25) is 0 Å². The van der Waals surface area contributed by atoms with E-state index in [1.54, 1.807) is 0 Å². The SMILES string of the molecule is CC(C)CCNC(=O)[C@H]1CCC[C@H]1NC(C)(C)C. The topological polar surface area (TPSA) is 41.1 Å². The van der Waals surface area contributed by atoms with Crippen LogP contribution in [0.4, 0.5) is 0 Å². The summed E-state index contributed by atoms with van der Waals surface area (Å²) in [6.07, 6.45) is 4.38. The van der Waals surface area contributed by atoms with Crippen LogP contribution in [-0.2, 0) is 4.79 Å². The third-order valence-electron chi connectivity index (χ3n) is 3.49. The summed E-state index contributed by atoms with van der Waals surface area (Å²) in [6.45, 7) is 11.7. The van der Waals surface area contributed by atoms with Crippen molar-refractivity contribution in [2.24, 2.45) is 11.8 Å². The van der Waals surface area contributed by atoms with Gasteiger partial charge >= 0.3 is 0 Å². The molecular formula is C15H30N2O. The molecule has 0 radical (unpaired) electrons. The Morgan fingerprint density at radius 2 is 1.94 bits per heavy atom. The second-order valence-electron chi connectivity index (χ2n) is 7.01. The second-order valence-corrected chi connectivity index (χ2v) is 7.01. The van der Waals surface area contributed by atoms with Crippen molar-refractivity contribution < 1.29 is 4.79 Å². The van der Waals surface area contributed by atoms with Gasteiger partial charge in [-0.05, 0) is 46.0 Å². The van der Waals surface area contributed by atoms with Gasteiger partial charge < -0.3 is 10.6 Å². The molecule has 2 atom stereocenters. The number of hydrogen-bond acceptors (Lipinski definition) is 2. The van der Waals surface area contributed by atoms with E-state index in [2.05, 4.69) is 45.3 Å². The Morgan fingerprint density at radius 1 is 1.28 bits per heavy atom. The van der Waals surface area contributed by atoms with Gasteiger partial charge in [0, 0.05) is 18.1 Å². The summed E-state index contributed by atoms with van der Waals surface area (Å²) in [5, 5.41) is 6.68. The normalized spacial score (nSPS) is 24.6. The molecule has 1 fully saturated rings. The van der Waals surface area contributed by atoms with E-state index >= 15 is 0 Å². The van der Waals surface area contributed by atoms with Crippen molar-refractivity contribution in [2.75, 3.05) is 6.54 Å². The number of carbonyl (C=O) groups excluding carboxylic acids is 1. The zero-order chi connectivity index (χ0) is 13.8. The molecule has 0 spiro atoms. The molecule has 1 amide bonds. The molecule has 1 aliphatic rings. The molecule has 0 unspecified atom stereocenters. The molecule has 1 saturated carbocycles. The molecule has 3 heteroatoms. The largest absolute Gasteiger partial charge is 0.356 e. The first kappa shape index (κ1) is 15.5. The molecule has 1 aliphatic carbocycles. The Morgan fingerprint density at radius 3 is 2.50 bits per heavy atom. The summed E-state index contributed by atoms with van der Waals surface area (Å²) in [4.78, 5) is 12.2. The van der Waals surface area contributed by atoms with Gasteiger partial charge in [0.2, 0.25) is 5.91 Å². The quantitative estimate of drug-likeness (QED) is 0.792. The summed E-state index contributed by atoms with van der Waals surface area (Å²) in [5.41, 5.74) is 0.0888. The van der Waals surface area contributed by atoms with Crippen LogP contribution in [0.1, 0.15) is 60.3 Å². The van der Waals surface area contributed by atoms with E-state index in [0.717, 1.165) is 32.2 Å². The van der Waals surface area contributed by atoms with Crippen LogP contribution in [0.25, 0.3) is 0 Å². The molecular weight excluding hydrogens is 224 g/mol. The van der Waals surface area contributed by atoms with Crippen LogP contribution in [0.3, 0.4) is 0 Å². The molecule has 106 valence electrons. The first-order chi connectivity index (χ1) is 8.29. The molecule has 0 aromatic carbocycles. The molecule has 18 heavy (non-hydrogen) atoms. The second kappa shape index (κ2) is 6.55. The Bertz CT molecular complexity index is 268. The van der Waals surface area contributed by atoms with Crippen molar-refractivity contribution in [1.29, 1.82) is 0 Å². The van der Waals surface area contributed by atoms with Crippen molar-refractivity contribution in [1.82, 2.24) is 10.6 Å². The van der Waals surface area contributed by atoms with Gasteiger partial charge in [-0.2, -0.15) is 0 Å². The summed E-state index contributed by atoms with van der Waals surface area (Å²) < 4.78 is 0. The van der Waals surface area contributed by atoms with Crippen LogP contribution >= 0.6 is 0 Å². The summed E-state index contributed by atoms with van der Waals surface area (Å²) >= 11 is 0. The van der Waals surface area contributed by atoms with E-state index in [1.807, 2.05) is 0 Å². The first-order valence-electron chi connectivity index (χ1n) is 7.35. The molecule has 0 aromatic heterocycles. The molecule has 0 aliphatic heterocycles. The molecule has 0 bridgehead atoms. The van der Waals surface area contributed by atoms with Gasteiger partial charge in [0.15, 0.2) is 0 Å². The van der Waals surface area contributed by atoms with Crippen molar-refractivity contribution in [2.45, 2.75) is 71.9 Å². The molecule has 2 N–H and O–H groups in total. The smallest absolute Gasteiger partial charge is 0.224 e. The van der Waals surface area contributed by atoms with Gasteiger partial charge in [-0.3, -0.25) is 4.79 Å². The summed E-state index contributed by atoms with van der Waals surface area (Å²) in [5.74, 6) is 1.06. The third-order valence-corrected chi connectivity index (χ3v) is 3.49. The zero-order valence-corrected chi connectivity index (χ0v) is 12.7. The highest BCUT2D eigenvalue weighted by Gasteiger charge is 2.34. The monoisotopic (exact) mass is 254 g/mol. The Balaban J connectivity index is 2.41. The predicted octanol–water partition coefficient (Wildman–Crippen LogP) is 2.71. The molecule has 1 rings (SSSR count). The average molecular weight is 254 g/mol. The van der Waals surface area contributed by atoms with E-state index in [0.29, 0.717) is 12.0 Å². The Hall–Kier alpha value is -0.570. The maximum Gasteiger partial charge on any atom is 0.224 e. The molecule has 0 aromatic rings. The van der Waals surface area contributed by atoms with Gasteiger partial charge in [0.1, 0.15) is 0 Å². The number of nitrogens with one attached hydrogen (secondary N) is 2. The van der Waals surface area contributed by atoms with Crippen LogP contribution in [0, 0.1) is 11.8 Å². The highest BCUT2D eigenvalue weighted by Crippen LogP contribution is 2.27. The highest BCUT2D eigenvalue weighted by atomic mass is 16.1. The van der Waals surface area contributed by atoms with E-state index in [4.69, 9.17) is 0 Å². The van der Waals surface area contributed by atoms with Gasteiger partial charge in [0.05, 0.1) is 5.92 Å². The number of rotatable bonds is 5. The highest BCUT2D eigenvalue weighted by molar-refractivity contribution is 5.79. The number of hydrogen-bond donors (Lipinski definition) is 2. The van der Waals surface area contributed by atoms with Gasteiger partial charge in [-0.15, -0.1) is 0 Å². The molecule has 0 saturated heterocycles. The van der Waals surface area contributed by atoms with E-state index in [-0.39, 0.29) is 17.4 Å². The molecule has 3 nitrogen and oxygen atoms in total. The average Bonchev–Trinajstić information content (AvgIpc) is 2.62. The van der Waals surface area contributed by atoms with E-state index in [1.165, 1.54) is 0 Å². The maximum absolute atomic E-state index is 12.2. The van der Waals surface area contributed by atoms with Crippen LogP contribution in [0.5, 0.6) is 0 Å². The van der Waals surface area contributed by atoms with Crippen LogP contribution < -0.4 is 10.6 Å². The lowest BCUT2D eigenvalue weighted by molar-refractivity contribution is -0.125. The van der Waals surface area contributed by atoms with Crippen molar-refractivity contribution >= 4 is 5.91 Å². The van der Waals surface area contributed by atoms with Crippen molar-refractivity contribution in [3.63, 3.8) is 0 Å². The van der Waals surface area contributed by atoms with Gasteiger partial charge in [0.25, 0.3) is 0 Å². The Labute approximate surface area is 112 Å². The number of amides is 1. The maximum atomic E-state index is 12.2. The zero-order valence-electron chi connectivity index (χ0n) is 12.7. The van der Waals surface area contributed by atoms with Gasteiger partial charge in [-0.1, -0.05) is 20.3 Å². The fourth-order valence-corrected chi connectivity index (χ4v) is 2.62. The lowest BCUT2D eigenvalue weighted by atomic mass is 9.98. The lowest BCUT2D eigenvalue weighted by Gasteiger charge is -2.29.